The van der Waals surface area contributed by atoms with E-state index in [4.69, 9.17) is 9.47 Å². The number of imidazole rings is 1. The van der Waals surface area contributed by atoms with Gasteiger partial charge in [-0.1, -0.05) is 18.7 Å². The number of nitrogens with zero attached hydrogens (tertiary/aromatic N) is 2. The van der Waals surface area contributed by atoms with Gasteiger partial charge in [-0.05, 0) is 37.6 Å². The fourth-order valence-electron chi connectivity index (χ4n) is 3.05. The molecule has 1 aromatic carbocycles. The van der Waals surface area contributed by atoms with Crippen LogP contribution in [0.2, 0.25) is 0 Å². The maximum absolute atomic E-state index is 12.5. The normalized spacial score (nSPS) is 16.2. The number of carbonyl (C=O) groups is 2. The third-order valence-electron chi connectivity index (χ3n) is 4.45. The zero-order valence-corrected chi connectivity index (χ0v) is 17.4. The van der Waals surface area contributed by atoms with Gasteiger partial charge in [0.2, 0.25) is 0 Å². The monoisotopic (exact) mass is 416 g/mol. The first-order chi connectivity index (χ1) is 14.1. The van der Waals surface area contributed by atoms with Crippen LogP contribution in [0.25, 0.3) is 5.69 Å². The van der Waals surface area contributed by atoms with Crippen LogP contribution in [0.3, 0.4) is 0 Å². The number of benzene rings is 1. The fourth-order valence-corrected chi connectivity index (χ4v) is 3.99. The van der Waals surface area contributed by atoms with E-state index in [2.05, 4.69) is 15.6 Å². The topological polar surface area (TPSA) is 94.5 Å². The van der Waals surface area contributed by atoms with Crippen molar-refractivity contribution >= 4 is 23.8 Å². The second-order valence-corrected chi connectivity index (χ2v) is 7.18. The number of carbonyl (C=O) groups excluding carboxylic acids is 2. The SMILES string of the molecule is CCOC(=O)C1=C(CSc2nccn2-c2ccc(OC)cc2)NC(=O)NC1CC. The summed E-state index contributed by atoms with van der Waals surface area (Å²) in [7, 11) is 1.62. The summed E-state index contributed by atoms with van der Waals surface area (Å²) < 4.78 is 12.3. The molecule has 8 nitrogen and oxygen atoms in total. The molecule has 0 aliphatic carbocycles. The van der Waals surface area contributed by atoms with Crippen LogP contribution in [0, 0.1) is 0 Å². The molecule has 9 heteroatoms. The smallest absolute Gasteiger partial charge is 0.337 e. The van der Waals surface area contributed by atoms with Gasteiger partial charge in [0, 0.05) is 29.5 Å². The van der Waals surface area contributed by atoms with Gasteiger partial charge in [-0.2, -0.15) is 0 Å². The molecule has 1 unspecified atom stereocenters. The minimum absolute atomic E-state index is 0.273. The van der Waals surface area contributed by atoms with Gasteiger partial charge in [0.25, 0.3) is 0 Å². The summed E-state index contributed by atoms with van der Waals surface area (Å²) >= 11 is 1.43. The molecule has 1 atom stereocenters. The van der Waals surface area contributed by atoms with Crippen LogP contribution in [0.4, 0.5) is 4.79 Å². The molecule has 0 bridgehead atoms. The van der Waals surface area contributed by atoms with E-state index in [-0.39, 0.29) is 18.7 Å². The Morgan fingerprint density at radius 2 is 2.03 bits per heavy atom. The van der Waals surface area contributed by atoms with Gasteiger partial charge in [0.1, 0.15) is 5.75 Å². The minimum Gasteiger partial charge on any atom is -0.497 e. The Hall–Kier alpha value is -2.94. The van der Waals surface area contributed by atoms with E-state index in [0.717, 1.165) is 16.6 Å². The van der Waals surface area contributed by atoms with E-state index in [9.17, 15) is 9.59 Å². The van der Waals surface area contributed by atoms with Crippen molar-refractivity contribution in [3.63, 3.8) is 0 Å². The summed E-state index contributed by atoms with van der Waals surface area (Å²) in [6.45, 7) is 3.94. The Bertz CT molecular complexity index is 907. The largest absolute Gasteiger partial charge is 0.497 e. The number of aromatic nitrogens is 2. The molecule has 29 heavy (non-hydrogen) atoms. The van der Waals surface area contributed by atoms with Crippen molar-refractivity contribution in [2.75, 3.05) is 19.5 Å². The summed E-state index contributed by atoms with van der Waals surface area (Å²) in [5.41, 5.74) is 1.95. The molecular formula is C20H24N4O4S. The number of nitrogens with one attached hydrogen (secondary N) is 2. The van der Waals surface area contributed by atoms with E-state index < -0.39 is 5.97 Å². The first kappa shape index (κ1) is 20.8. The van der Waals surface area contributed by atoms with Gasteiger partial charge in [0.05, 0.1) is 25.3 Å². The molecule has 1 aliphatic heterocycles. The van der Waals surface area contributed by atoms with Crippen LogP contribution in [-0.2, 0) is 9.53 Å². The Labute approximate surface area is 173 Å². The number of hydrogen-bond donors (Lipinski definition) is 2. The number of hydrogen-bond acceptors (Lipinski definition) is 6. The lowest BCUT2D eigenvalue weighted by molar-refractivity contribution is -0.139. The average molecular weight is 417 g/mol. The van der Waals surface area contributed by atoms with E-state index in [1.165, 1.54) is 11.8 Å². The third-order valence-corrected chi connectivity index (χ3v) is 5.44. The van der Waals surface area contributed by atoms with Crippen molar-refractivity contribution in [1.29, 1.82) is 0 Å². The zero-order chi connectivity index (χ0) is 20.8. The fraction of sp³-hybridized carbons (Fsp3) is 0.350. The lowest BCUT2D eigenvalue weighted by atomic mass is 10.0. The highest BCUT2D eigenvalue weighted by Crippen LogP contribution is 2.26. The molecule has 154 valence electrons. The van der Waals surface area contributed by atoms with Gasteiger partial charge in [-0.15, -0.1) is 0 Å². The third kappa shape index (κ3) is 4.73. The van der Waals surface area contributed by atoms with Crippen molar-refractivity contribution < 1.29 is 19.1 Å². The molecular weight excluding hydrogens is 392 g/mol. The van der Waals surface area contributed by atoms with Crippen molar-refractivity contribution in [3.05, 3.63) is 47.9 Å². The second kappa shape index (κ2) is 9.51. The summed E-state index contributed by atoms with van der Waals surface area (Å²) in [6, 6.07) is 6.94. The van der Waals surface area contributed by atoms with Gasteiger partial charge >= 0.3 is 12.0 Å². The Kier molecular flexibility index (Phi) is 6.82. The number of urea groups is 1. The number of rotatable bonds is 8. The van der Waals surface area contributed by atoms with Crippen molar-refractivity contribution in [1.82, 2.24) is 20.2 Å². The van der Waals surface area contributed by atoms with Crippen molar-refractivity contribution in [3.8, 4) is 11.4 Å². The molecule has 2 N–H and O–H groups in total. The maximum Gasteiger partial charge on any atom is 0.337 e. The van der Waals surface area contributed by atoms with Gasteiger partial charge in [-0.3, -0.25) is 4.57 Å². The van der Waals surface area contributed by atoms with Crippen LogP contribution < -0.4 is 15.4 Å². The molecule has 0 saturated carbocycles. The second-order valence-electron chi connectivity index (χ2n) is 6.24. The molecule has 2 aromatic rings. The summed E-state index contributed by atoms with van der Waals surface area (Å²) in [5.74, 6) is 0.738. The zero-order valence-electron chi connectivity index (χ0n) is 16.6. The highest BCUT2D eigenvalue weighted by Gasteiger charge is 2.31. The number of ether oxygens (including phenoxy) is 2. The molecule has 1 aliphatic rings. The van der Waals surface area contributed by atoms with Crippen LogP contribution in [0.5, 0.6) is 5.75 Å². The van der Waals surface area contributed by atoms with E-state index in [1.54, 1.807) is 20.2 Å². The number of thioether (sulfide) groups is 1. The Morgan fingerprint density at radius 1 is 1.28 bits per heavy atom. The maximum atomic E-state index is 12.5. The van der Waals surface area contributed by atoms with Crippen LogP contribution >= 0.6 is 11.8 Å². The van der Waals surface area contributed by atoms with E-state index in [1.807, 2.05) is 42.0 Å². The van der Waals surface area contributed by atoms with Crippen molar-refractivity contribution in [2.24, 2.45) is 0 Å². The highest BCUT2D eigenvalue weighted by molar-refractivity contribution is 7.99. The Morgan fingerprint density at radius 3 is 2.69 bits per heavy atom. The first-order valence-electron chi connectivity index (χ1n) is 9.35. The highest BCUT2D eigenvalue weighted by atomic mass is 32.2. The molecule has 2 heterocycles. The molecule has 0 saturated heterocycles. The lowest BCUT2D eigenvalue weighted by Crippen LogP contribution is -2.50. The number of amides is 2. The van der Waals surface area contributed by atoms with Gasteiger partial charge in [-0.25, -0.2) is 14.6 Å². The minimum atomic E-state index is -0.416. The first-order valence-corrected chi connectivity index (χ1v) is 10.3. The van der Waals surface area contributed by atoms with Crippen LogP contribution in [-0.4, -0.2) is 47.1 Å². The standard InChI is InChI=1S/C20H24N4O4S/c1-4-15-17(18(25)28-5-2)16(23-19(26)22-15)12-29-20-21-10-11-24(20)13-6-8-14(27-3)9-7-13/h6-11,15H,4-5,12H2,1-3H3,(H2,22,23,26). The number of esters is 1. The van der Waals surface area contributed by atoms with Gasteiger partial charge in [0.15, 0.2) is 5.16 Å². The molecule has 3 rings (SSSR count). The molecule has 2 amide bonds. The Balaban J connectivity index is 1.84. The average Bonchev–Trinajstić information content (AvgIpc) is 3.20. The van der Waals surface area contributed by atoms with E-state index in [0.29, 0.717) is 23.4 Å². The molecule has 0 spiro atoms. The predicted octanol–water partition coefficient (Wildman–Crippen LogP) is 2.88. The molecule has 0 radical (unpaired) electrons. The predicted molar refractivity (Wildman–Crippen MR) is 110 cm³/mol. The van der Waals surface area contributed by atoms with Crippen LogP contribution in [0.15, 0.2) is 53.1 Å². The lowest BCUT2D eigenvalue weighted by Gasteiger charge is -2.28. The van der Waals surface area contributed by atoms with Gasteiger partial charge < -0.3 is 20.1 Å². The summed E-state index contributed by atoms with van der Waals surface area (Å²) in [5, 5.41) is 6.28. The van der Waals surface area contributed by atoms with Crippen molar-refractivity contribution in [2.45, 2.75) is 31.5 Å². The number of methoxy groups -OCH3 is 1. The molecule has 1 aromatic heterocycles. The summed E-state index contributed by atoms with van der Waals surface area (Å²) in [4.78, 5) is 28.9. The quantitative estimate of drug-likeness (QED) is 0.508. The molecule has 0 fully saturated rings. The summed E-state index contributed by atoms with van der Waals surface area (Å²) in [6.07, 6.45) is 4.17. The van der Waals surface area contributed by atoms with E-state index >= 15 is 0 Å². The van der Waals surface area contributed by atoms with Crippen LogP contribution in [0.1, 0.15) is 20.3 Å².